The maximum absolute atomic E-state index is 13.3. The summed E-state index contributed by atoms with van der Waals surface area (Å²) in [7, 11) is 0. The summed E-state index contributed by atoms with van der Waals surface area (Å²) in [5, 5.41) is 0. The minimum Gasteiger partial charge on any atom is -0.463 e. The number of carbonyl (C=O) groups excluding carboxylic acids is 1. The van der Waals surface area contributed by atoms with Crippen LogP contribution in [0.3, 0.4) is 0 Å². The lowest BCUT2D eigenvalue weighted by Gasteiger charge is -2.21. The third-order valence-electron chi connectivity index (χ3n) is 4.93. The Kier molecular flexibility index (Phi) is 6.09. The van der Waals surface area contributed by atoms with Crippen molar-refractivity contribution in [1.29, 1.82) is 0 Å². The van der Waals surface area contributed by atoms with Gasteiger partial charge in [0.15, 0.2) is 4.80 Å². The molecular weight excluding hydrogens is 408 g/mol. The van der Waals surface area contributed by atoms with E-state index in [1.807, 2.05) is 78.9 Å². The van der Waals surface area contributed by atoms with Crippen LogP contribution in [0.2, 0.25) is 0 Å². The number of esters is 1. The van der Waals surface area contributed by atoms with Crippen LogP contribution in [-0.2, 0) is 9.53 Å². The molecule has 3 aromatic rings. The smallest absolute Gasteiger partial charge is 0.338 e. The van der Waals surface area contributed by atoms with E-state index in [1.165, 1.54) is 11.3 Å². The monoisotopic (exact) mass is 430 g/mol. The van der Waals surface area contributed by atoms with E-state index in [1.54, 1.807) is 18.4 Å². The Hall–Kier alpha value is -3.51. The summed E-state index contributed by atoms with van der Waals surface area (Å²) in [6, 6.07) is 18.9. The molecule has 0 N–H and O–H groups in total. The Morgan fingerprint density at radius 3 is 2.39 bits per heavy atom. The summed E-state index contributed by atoms with van der Waals surface area (Å²) < 4.78 is 7.43. The van der Waals surface area contributed by atoms with E-state index in [0.717, 1.165) is 11.1 Å². The molecule has 2 aromatic carbocycles. The molecule has 31 heavy (non-hydrogen) atoms. The predicted molar refractivity (Wildman–Crippen MR) is 123 cm³/mol. The van der Waals surface area contributed by atoms with Crippen LogP contribution in [0.25, 0.3) is 12.2 Å². The molecule has 4 rings (SSSR count). The van der Waals surface area contributed by atoms with E-state index >= 15 is 0 Å². The summed E-state index contributed by atoms with van der Waals surface area (Å²) in [4.78, 5) is 31.2. The van der Waals surface area contributed by atoms with Gasteiger partial charge in [-0.15, -0.1) is 0 Å². The van der Waals surface area contributed by atoms with Crippen molar-refractivity contribution >= 4 is 29.5 Å². The number of allylic oxidation sites excluding steroid dienone is 2. The average Bonchev–Trinajstić information content (AvgIpc) is 3.08. The number of hydrogen-bond acceptors (Lipinski definition) is 5. The highest BCUT2D eigenvalue weighted by Gasteiger charge is 2.30. The number of aromatic nitrogens is 1. The fourth-order valence-corrected chi connectivity index (χ4v) is 4.54. The van der Waals surface area contributed by atoms with Crippen LogP contribution in [0.1, 0.15) is 31.0 Å². The number of hydrogen-bond donors (Lipinski definition) is 0. The van der Waals surface area contributed by atoms with E-state index in [2.05, 4.69) is 4.99 Å². The zero-order valence-corrected chi connectivity index (χ0v) is 18.1. The lowest BCUT2D eigenvalue weighted by atomic mass is 10.0. The van der Waals surface area contributed by atoms with Gasteiger partial charge in [0.25, 0.3) is 5.56 Å². The summed E-state index contributed by atoms with van der Waals surface area (Å²) in [6.07, 6.45) is 5.63. The third kappa shape index (κ3) is 4.34. The molecule has 1 atom stereocenters. The molecule has 1 unspecified atom stereocenters. The van der Waals surface area contributed by atoms with Crippen LogP contribution in [-0.4, -0.2) is 17.1 Å². The van der Waals surface area contributed by atoms with Crippen LogP contribution < -0.4 is 14.9 Å². The van der Waals surface area contributed by atoms with Crippen molar-refractivity contribution in [3.63, 3.8) is 0 Å². The second kappa shape index (κ2) is 9.10. The van der Waals surface area contributed by atoms with Crippen LogP contribution in [0, 0.1) is 0 Å². The second-order valence-corrected chi connectivity index (χ2v) is 8.03. The molecular formula is C25H22N2O3S. The van der Waals surface area contributed by atoms with Crippen molar-refractivity contribution in [2.75, 3.05) is 6.61 Å². The van der Waals surface area contributed by atoms with Gasteiger partial charge in [-0.25, -0.2) is 9.79 Å². The molecule has 1 aliphatic heterocycles. The van der Waals surface area contributed by atoms with Crippen molar-refractivity contribution in [2.24, 2.45) is 4.99 Å². The normalized spacial score (nSPS) is 16.3. The van der Waals surface area contributed by atoms with Crippen LogP contribution >= 0.6 is 11.3 Å². The molecule has 2 heterocycles. The fraction of sp³-hybridized carbons (Fsp3) is 0.160. The van der Waals surface area contributed by atoms with Gasteiger partial charge >= 0.3 is 5.97 Å². The van der Waals surface area contributed by atoms with Gasteiger partial charge in [-0.05, 0) is 31.1 Å². The molecule has 0 radical (unpaired) electrons. The lowest BCUT2D eigenvalue weighted by Crippen LogP contribution is -2.38. The highest BCUT2D eigenvalue weighted by Crippen LogP contribution is 2.26. The Morgan fingerprint density at radius 2 is 1.74 bits per heavy atom. The first-order valence-electron chi connectivity index (χ1n) is 10.1. The van der Waals surface area contributed by atoms with E-state index < -0.39 is 12.0 Å². The van der Waals surface area contributed by atoms with Gasteiger partial charge in [-0.1, -0.05) is 84.2 Å². The Labute approximate surface area is 184 Å². The molecule has 0 amide bonds. The maximum Gasteiger partial charge on any atom is 0.338 e. The minimum absolute atomic E-state index is 0.176. The summed E-state index contributed by atoms with van der Waals surface area (Å²) in [5.41, 5.74) is 2.68. The maximum atomic E-state index is 13.3. The van der Waals surface area contributed by atoms with Gasteiger partial charge in [0.05, 0.1) is 28.5 Å². The first kappa shape index (κ1) is 20.8. The zero-order chi connectivity index (χ0) is 21.8. The number of thiazole rings is 1. The Bertz CT molecular complexity index is 1330. The number of rotatable bonds is 5. The minimum atomic E-state index is -0.589. The van der Waals surface area contributed by atoms with Crippen molar-refractivity contribution in [3.8, 4) is 0 Å². The largest absolute Gasteiger partial charge is 0.463 e. The first-order valence-corrected chi connectivity index (χ1v) is 10.9. The quantitative estimate of drug-likeness (QED) is 0.583. The molecule has 1 aliphatic rings. The fourth-order valence-electron chi connectivity index (χ4n) is 3.48. The van der Waals surface area contributed by atoms with Gasteiger partial charge in [-0.3, -0.25) is 9.36 Å². The van der Waals surface area contributed by atoms with Crippen molar-refractivity contribution in [2.45, 2.75) is 19.9 Å². The van der Waals surface area contributed by atoms with Gasteiger partial charge < -0.3 is 4.74 Å². The number of fused-ring (bicyclic) bond motifs is 1. The van der Waals surface area contributed by atoms with Gasteiger partial charge in [0.1, 0.15) is 0 Å². The number of ether oxygens (including phenoxy) is 1. The summed E-state index contributed by atoms with van der Waals surface area (Å²) >= 11 is 1.32. The van der Waals surface area contributed by atoms with Crippen LogP contribution in [0.4, 0.5) is 0 Å². The van der Waals surface area contributed by atoms with Crippen molar-refractivity contribution in [1.82, 2.24) is 4.57 Å². The zero-order valence-electron chi connectivity index (χ0n) is 17.3. The second-order valence-electron chi connectivity index (χ2n) is 7.03. The highest BCUT2D eigenvalue weighted by molar-refractivity contribution is 7.07. The van der Waals surface area contributed by atoms with Gasteiger partial charge in [0.2, 0.25) is 0 Å². The summed E-state index contributed by atoms with van der Waals surface area (Å²) in [6.45, 7) is 3.80. The molecule has 0 saturated heterocycles. The number of benzene rings is 2. The van der Waals surface area contributed by atoms with E-state index in [4.69, 9.17) is 4.74 Å². The Balaban J connectivity index is 1.88. The standard InChI is InChI=1S/C25H22N2O3S/c1-3-30-24(29)22-17(2)26-25-27(20(22)15-14-18-10-6-4-7-11-18)23(28)21(31-25)16-19-12-8-5-9-13-19/h4-16,20H,3H2,1-2H3/b15-14+,21-16?. The van der Waals surface area contributed by atoms with E-state index in [0.29, 0.717) is 20.6 Å². The molecule has 5 nitrogen and oxygen atoms in total. The third-order valence-corrected chi connectivity index (χ3v) is 5.91. The molecule has 0 fully saturated rings. The molecule has 0 spiro atoms. The van der Waals surface area contributed by atoms with E-state index in [-0.39, 0.29) is 12.2 Å². The number of nitrogens with zero attached hydrogens (tertiary/aromatic N) is 2. The molecule has 0 saturated carbocycles. The SMILES string of the molecule is CCOC(=O)C1=C(C)N=c2sc(=Cc3ccccc3)c(=O)n2C1/C=C/c1ccccc1. The van der Waals surface area contributed by atoms with Crippen LogP contribution in [0.5, 0.6) is 0 Å². The van der Waals surface area contributed by atoms with Crippen LogP contribution in [0.15, 0.2) is 87.8 Å². The van der Waals surface area contributed by atoms with Gasteiger partial charge in [-0.2, -0.15) is 0 Å². The van der Waals surface area contributed by atoms with Gasteiger partial charge in [0, 0.05) is 0 Å². The van der Waals surface area contributed by atoms with Crippen molar-refractivity contribution < 1.29 is 9.53 Å². The molecule has 6 heteroatoms. The summed E-state index contributed by atoms with van der Waals surface area (Å²) in [5.74, 6) is -0.455. The van der Waals surface area contributed by atoms with E-state index in [9.17, 15) is 9.59 Å². The molecule has 0 aliphatic carbocycles. The number of carbonyl (C=O) groups is 1. The topological polar surface area (TPSA) is 60.7 Å². The average molecular weight is 431 g/mol. The highest BCUT2D eigenvalue weighted by atomic mass is 32.1. The lowest BCUT2D eigenvalue weighted by molar-refractivity contribution is -0.139. The molecule has 156 valence electrons. The van der Waals surface area contributed by atoms with Crippen molar-refractivity contribution in [3.05, 3.63) is 109 Å². The first-order chi connectivity index (χ1) is 15.1. The molecule has 0 bridgehead atoms. The molecule has 1 aromatic heterocycles. The Morgan fingerprint density at radius 1 is 1.10 bits per heavy atom. The predicted octanol–water partition coefficient (Wildman–Crippen LogP) is 3.46.